The van der Waals surface area contributed by atoms with Gasteiger partial charge in [0.05, 0.1) is 5.69 Å². The van der Waals surface area contributed by atoms with Gasteiger partial charge in [-0.2, -0.15) is 0 Å². The van der Waals surface area contributed by atoms with E-state index in [1.165, 1.54) is 11.8 Å². The Kier molecular flexibility index (Phi) is 5.30. The second-order valence-corrected chi connectivity index (χ2v) is 6.35. The molecule has 1 aromatic heterocycles. The number of hydrogen-bond acceptors (Lipinski definition) is 5. The van der Waals surface area contributed by atoms with Crippen molar-refractivity contribution in [3.8, 4) is 0 Å². The summed E-state index contributed by atoms with van der Waals surface area (Å²) in [5, 5.41) is 5.56. The Morgan fingerprint density at radius 3 is 2.50 bits per heavy atom. The molecule has 2 aromatic rings. The fourth-order valence-corrected chi connectivity index (χ4v) is 2.91. The van der Waals surface area contributed by atoms with Gasteiger partial charge in [0, 0.05) is 25.3 Å². The van der Waals surface area contributed by atoms with Crippen molar-refractivity contribution in [1.29, 1.82) is 0 Å². The number of anilines is 2. The van der Waals surface area contributed by atoms with Gasteiger partial charge < -0.3 is 10.2 Å². The van der Waals surface area contributed by atoms with E-state index in [4.69, 9.17) is 0 Å². The van der Waals surface area contributed by atoms with Crippen LogP contribution in [0, 0.1) is 6.92 Å². The van der Waals surface area contributed by atoms with E-state index < -0.39 is 6.03 Å². The first kappa shape index (κ1) is 17.6. The Hall–Kier alpha value is -2.74. The molecule has 0 aliphatic rings. The maximum atomic E-state index is 12.1. The van der Waals surface area contributed by atoms with E-state index in [2.05, 4.69) is 15.6 Å². The smallest absolute Gasteiger partial charge is 0.325 e. The van der Waals surface area contributed by atoms with Crippen LogP contribution in [0.5, 0.6) is 0 Å². The molecule has 8 heteroatoms. The average Bonchev–Trinajstić information content (AvgIpc) is 2.86. The summed E-state index contributed by atoms with van der Waals surface area (Å²) in [4.78, 5) is 41.5. The van der Waals surface area contributed by atoms with Crippen molar-refractivity contribution in [2.45, 2.75) is 13.8 Å². The molecule has 0 fully saturated rings. The van der Waals surface area contributed by atoms with Gasteiger partial charge in [0.1, 0.15) is 4.88 Å². The molecule has 0 aliphatic heterocycles. The Bertz CT molecular complexity index is 798. The molecule has 0 unspecified atom stereocenters. The van der Waals surface area contributed by atoms with E-state index in [1.807, 2.05) is 0 Å². The molecule has 126 valence electrons. The van der Waals surface area contributed by atoms with Crippen LogP contribution in [0.15, 0.2) is 24.3 Å². The molecule has 0 saturated carbocycles. The number of carbonyl (C=O) groups excluding carboxylic acids is 3. The van der Waals surface area contributed by atoms with Crippen LogP contribution in [0.1, 0.15) is 32.6 Å². The molecule has 1 aromatic carbocycles. The third-order valence-corrected chi connectivity index (χ3v) is 4.21. The summed E-state index contributed by atoms with van der Waals surface area (Å²) < 4.78 is 0. The van der Waals surface area contributed by atoms with Crippen molar-refractivity contribution in [3.63, 3.8) is 0 Å². The third-order valence-electron chi connectivity index (χ3n) is 3.14. The SMILES string of the molecule is CC(=O)c1cccc(NC(=O)Nc2nc(C)c(C(=O)N(C)C)s2)c1. The molecule has 24 heavy (non-hydrogen) atoms. The van der Waals surface area contributed by atoms with Gasteiger partial charge >= 0.3 is 6.03 Å². The highest BCUT2D eigenvalue weighted by atomic mass is 32.1. The zero-order valence-corrected chi connectivity index (χ0v) is 14.7. The average molecular weight is 346 g/mol. The molecule has 0 atom stereocenters. The maximum Gasteiger partial charge on any atom is 0.325 e. The van der Waals surface area contributed by atoms with Crippen LogP contribution >= 0.6 is 11.3 Å². The summed E-state index contributed by atoms with van der Waals surface area (Å²) in [6.45, 7) is 3.17. The topological polar surface area (TPSA) is 91.4 Å². The lowest BCUT2D eigenvalue weighted by molar-refractivity contribution is 0.0831. The highest BCUT2D eigenvalue weighted by molar-refractivity contribution is 7.17. The number of aromatic nitrogens is 1. The molecule has 7 nitrogen and oxygen atoms in total. The molecule has 0 radical (unpaired) electrons. The molecule has 0 bridgehead atoms. The van der Waals surface area contributed by atoms with Crippen molar-refractivity contribution >= 4 is 39.9 Å². The minimum absolute atomic E-state index is 0.0820. The zero-order chi connectivity index (χ0) is 17.9. The summed E-state index contributed by atoms with van der Waals surface area (Å²) in [6, 6.07) is 6.15. The first-order valence-electron chi connectivity index (χ1n) is 7.16. The molecular formula is C16H18N4O3S. The van der Waals surface area contributed by atoms with E-state index >= 15 is 0 Å². The number of Topliss-reactive ketones (excluding diaryl/α,β-unsaturated/α-hetero) is 1. The van der Waals surface area contributed by atoms with Crippen LogP contribution in [0.2, 0.25) is 0 Å². The molecule has 3 amide bonds. The predicted octanol–water partition coefficient (Wildman–Crippen LogP) is 3.00. The van der Waals surface area contributed by atoms with Crippen molar-refractivity contribution < 1.29 is 14.4 Å². The Balaban J connectivity index is 2.08. The van der Waals surface area contributed by atoms with E-state index in [0.29, 0.717) is 27.0 Å². The molecule has 2 N–H and O–H groups in total. The number of nitrogens with zero attached hydrogens (tertiary/aromatic N) is 2. The van der Waals surface area contributed by atoms with Crippen molar-refractivity contribution in [2.75, 3.05) is 24.7 Å². The van der Waals surface area contributed by atoms with Gasteiger partial charge in [0.25, 0.3) is 5.91 Å². The van der Waals surface area contributed by atoms with Crippen LogP contribution in [0.4, 0.5) is 15.6 Å². The molecule has 1 heterocycles. The highest BCUT2D eigenvalue weighted by Gasteiger charge is 2.18. The van der Waals surface area contributed by atoms with Gasteiger partial charge in [-0.3, -0.25) is 14.9 Å². The quantitative estimate of drug-likeness (QED) is 0.833. The van der Waals surface area contributed by atoms with Gasteiger partial charge in [0.2, 0.25) is 0 Å². The lowest BCUT2D eigenvalue weighted by atomic mass is 10.1. The van der Waals surface area contributed by atoms with Crippen molar-refractivity contribution in [3.05, 3.63) is 40.4 Å². The number of amides is 3. The second kappa shape index (κ2) is 7.22. The molecular weight excluding hydrogens is 328 g/mol. The first-order chi connectivity index (χ1) is 11.3. The van der Waals surface area contributed by atoms with Crippen LogP contribution in [0.3, 0.4) is 0 Å². The van der Waals surface area contributed by atoms with Gasteiger partial charge in [0.15, 0.2) is 10.9 Å². The van der Waals surface area contributed by atoms with Gasteiger partial charge in [-0.25, -0.2) is 9.78 Å². The normalized spacial score (nSPS) is 10.2. The number of rotatable bonds is 4. The highest BCUT2D eigenvalue weighted by Crippen LogP contribution is 2.23. The fourth-order valence-electron chi connectivity index (χ4n) is 1.93. The number of thiazole rings is 1. The molecule has 2 rings (SSSR count). The lowest BCUT2D eigenvalue weighted by Gasteiger charge is -2.08. The van der Waals surface area contributed by atoms with E-state index in [1.54, 1.807) is 45.3 Å². The minimum atomic E-state index is -0.492. The van der Waals surface area contributed by atoms with E-state index in [9.17, 15) is 14.4 Å². The third kappa shape index (κ3) is 4.17. The standard InChI is InChI=1S/C16H18N4O3S/c1-9-13(14(22)20(3)4)24-16(17-9)19-15(23)18-12-7-5-6-11(8-12)10(2)21/h5-8H,1-4H3,(H2,17,18,19,23). The number of ketones is 1. The predicted molar refractivity (Wildman–Crippen MR) is 94.0 cm³/mol. The Morgan fingerprint density at radius 1 is 1.17 bits per heavy atom. The summed E-state index contributed by atoms with van der Waals surface area (Å²) >= 11 is 1.11. The molecule has 0 saturated heterocycles. The van der Waals surface area contributed by atoms with Crippen molar-refractivity contribution in [2.24, 2.45) is 0 Å². The van der Waals surface area contributed by atoms with Crippen LogP contribution in [0.25, 0.3) is 0 Å². The van der Waals surface area contributed by atoms with Gasteiger partial charge in [-0.05, 0) is 26.0 Å². The van der Waals surface area contributed by atoms with Crippen LogP contribution in [-0.4, -0.2) is 41.7 Å². The number of carbonyl (C=O) groups is 3. The summed E-state index contributed by atoms with van der Waals surface area (Å²) in [5.41, 5.74) is 1.57. The maximum absolute atomic E-state index is 12.1. The monoisotopic (exact) mass is 346 g/mol. The van der Waals surface area contributed by atoms with Gasteiger partial charge in [-0.15, -0.1) is 0 Å². The number of nitrogens with one attached hydrogen (secondary N) is 2. The summed E-state index contributed by atoms with van der Waals surface area (Å²) in [7, 11) is 3.31. The number of benzene rings is 1. The summed E-state index contributed by atoms with van der Waals surface area (Å²) in [5.74, 6) is -0.242. The number of urea groups is 1. The second-order valence-electron chi connectivity index (χ2n) is 5.35. The van der Waals surface area contributed by atoms with Gasteiger partial charge in [-0.1, -0.05) is 23.5 Å². The number of aryl methyl sites for hydroxylation is 1. The first-order valence-corrected chi connectivity index (χ1v) is 7.97. The Labute approximate surface area is 143 Å². The zero-order valence-electron chi connectivity index (χ0n) is 13.8. The largest absolute Gasteiger partial charge is 0.344 e. The van der Waals surface area contributed by atoms with E-state index in [0.717, 1.165) is 11.3 Å². The van der Waals surface area contributed by atoms with E-state index in [-0.39, 0.29) is 11.7 Å². The lowest BCUT2D eigenvalue weighted by Crippen LogP contribution is -2.21. The Morgan fingerprint density at radius 2 is 1.88 bits per heavy atom. The van der Waals surface area contributed by atoms with Crippen molar-refractivity contribution in [1.82, 2.24) is 9.88 Å². The number of hydrogen-bond donors (Lipinski definition) is 2. The fraction of sp³-hybridized carbons (Fsp3) is 0.250. The summed E-state index contributed by atoms with van der Waals surface area (Å²) in [6.07, 6.45) is 0. The molecule has 0 aliphatic carbocycles. The van der Waals surface area contributed by atoms with Crippen LogP contribution in [-0.2, 0) is 0 Å². The molecule has 0 spiro atoms. The minimum Gasteiger partial charge on any atom is -0.344 e. The van der Waals surface area contributed by atoms with Crippen LogP contribution < -0.4 is 10.6 Å².